The van der Waals surface area contributed by atoms with E-state index in [4.69, 9.17) is 4.74 Å². The molecule has 1 N–H and O–H groups in total. The summed E-state index contributed by atoms with van der Waals surface area (Å²) in [6.45, 7) is 1.88. The fourth-order valence-corrected chi connectivity index (χ4v) is 1.81. The molecule has 2 rings (SSSR count). The van der Waals surface area contributed by atoms with Gasteiger partial charge in [-0.2, -0.15) is 0 Å². The van der Waals surface area contributed by atoms with E-state index in [9.17, 15) is 4.79 Å². The van der Waals surface area contributed by atoms with Crippen molar-refractivity contribution in [3.63, 3.8) is 0 Å². The monoisotopic (exact) mass is 258 g/mol. The second-order valence-corrected chi connectivity index (χ2v) is 4.26. The highest BCUT2D eigenvalue weighted by molar-refractivity contribution is 5.27. The smallest absolute Gasteiger partial charge is 0.250 e. The molecule has 0 unspecified atom stereocenters. The molecule has 0 bridgehead atoms. The topological polar surface area (TPSA) is 43.3 Å². The van der Waals surface area contributed by atoms with E-state index in [-0.39, 0.29) is 5.56 Å². The van der Waals surface area contributed by atoms with E-state index in [1.165, 1.54) is 5.56 Å². The minimum atomic E-state index is -0.00420. The highest BCUT2D eigenvalue weighted by Crippen LogP contribution is 2.11. The molecule has 0 radical (unpaired) electrons. The molecule has 0 aliphatic heterocycles. The molecule has 0 amide bonds. The molecule has 19 heavy (non-hydrogen) atoms. The highest BCUT2D eigenvalue weighted by atomic mass is 16.5. The van der Waals surface area contributed by atoms with Gasteiger partial charge in [-0.05, 0) is 30.8 Å². The van der Waals surface area contributed by atoms with E-state index in [1.54, 1.807) is 22.9 Å². The number of aromatic nitrogens is 1. The summed E-state index contributed by atoms with van der Waals surface area (Å²) in [6, 6.07) is 13.1. The lowest BCUT2D eigenvalue weighted by Gasteiger charge is -2.08. The second-order valence-electron chi connectivity index (χ2n) is 4.26. The molecule has 1 heterocycles. The lowest BCUT2D eigenvalue weighted by atomic mass is 10.2. The van der Waals surface area contributed by atoms with Gasteiger partial charge in [0.15, 0.2) is 0 Å². The first kappa shape index (κ1) is 13.4. The van der Waals surface area contributed by atoms with Gasteiger partial charge in [0.1, 0.15) is 12.4 Å². The Kier molecular flexibility index (Phi) is 4.75. The first-order chi connectivity index (χ1) is 9.29. The second kappa shape index (κ2) is 6.75. The fraction of sp³-hybridized carbons (Fsp3) is 0.267. The van der Waals surface area contributed by atoms with Crippen LogP contribution in [0.1, 0.15) is 5.56 Å². The molecule has 0 fully saturated rings. The zero-order valence-corrected chi connectivity index (χ0v) is 11.0. The van der Waals surface area contributed by atoms with Crippen LogP contribution in [0.5, 0.6) is 5.75 Å². The van der Waals surface area contributed by atoms with E-state index in [0.29, 0.717) is 13.2 Å². The summed E-state index contributed by atoms with van der Waals surface area (Å²) < 4.78 is 7.25. The number of rotatable bonds is 6. The van der Waals surface area contributed by atoms with Gasteiger partial charge in [-0.25, -0.2) is 0 Å². The van der Waals surface area contributed by atoms with Gasteiger partial charge in [-0.1, -0.05) is 18.2 Å². The van der Waals surface area contributed by atoms with Crippen LogP contribution in [-0.4, -0.2) is 18.2 Å². The van der Waals surface area contributed by atoms with Crippen molar-refractivity contribution in [2.24, 2.45) is 0 Å². The molecule has 100 valence electrons. The molecule has 0 spiro atoms. The number of benzene rings is 1. The summed E-state index contributed by atoms with van der Waals surface area (Å²) in [7, 11) is 1.92. The largest absolute Gasteiger partial charge is 0.492 e. The van der Waals surface area contributed by atoms with Crippen LogP contribution in [0, 0.1) is 0 Å². The van der Waals surface area contributed by atoms with Gasteiger partial charge in [0, 0.05) is 18.8 Å². The van der Waals surface area contributed by atoms with Gasteiger partial charge < -0.3 is 14.6 Å². The summed E-state index contributed by atoms with van der Waals surface area (Å²) in [4.78, 5) is 11.5. The molecule has 1 aromatic heterocycles. The average molecular weight is 258 g/mol. The van der Waals surface area contributed by atoms with E-state index in [1.807, 2.05) is 37.4 Å². The number of ether oxygens (including phenoxy) is 1. The number of pyridine rings is 1. The molecule has 0 aliphatic rings. The molecule has 0 aliphatic carbocycles. The number of nitrogens with one attached hydrogen (secondary N) is 1. The zero-order chi connectivity index (χ0) is 13.5. The van der Waals surface area contributed by atoms with Gasteiger partial charge in [0.05, 0.1) is 6.54 Å². The van der Waals surface area contributed by atoms with Crippen LogP contribution in [-0.2, 0) is 13.1 Å². The van der Waals surface area contributed by atoms with E-state index >= 15 is 0 Å². The standard InChI is InChI=1S/C15H18N2O2/c1-16-12-13-5-7-14(8-6-13)19-11-10-17-9-3-2-4-15(17)18/h2-9,16H,10-12H2,1H3. The van der Waals surface area contributed by atoms with Gasteiger partial charge in [-0.15, -0.1) is 0 Å². The van der Waals surface area contributed by atoms with E-state index in [2.05, 4.69) is 5.32 Å². The minimum Gasteiger partial charge on any atom is -0.492 e. The molecule has 1 aromatic carbocycles. The van der Waals surface area contributed by atoms with Crippen molar-refractivity contribution in [2.45, 2.75) is 13.1 Å². The minimum absolute atomic E-state index is 0.00420. The Bertz CT molecular complexity index is 561. The lowest BCUT2D eigenvalue weighted by molar-refractivity contribution is 0.296. The van der Waals surface area contributed by atoms with E-state index in [0.717, 1.165) is 12.3 Å². The zero-order valence-electron chi connectivity index (χ0n) is 11.0. The summed E-state index contributed by atoms with van der Waals surface area (Å²) in [5, 5.41) is 3.10. The van der Waals surface area contributed by atoms with Gasteiger partial charge >= 0.3 is 0 Å². The van der Waals surface area contributed by atoms with Crippen LogP contribution in [0.25, 0.3) is 0 Å². The molecule has 0 saturated heterocycles. The Morgan fingerprint density at radius 1 is 1.16 bits per heavy atom. The molecule has 2 aromatic rings. The van der Waals surface area contributed by atoms with Crippen LogP contribution in [0.2, 0.25) is 0 Å². The van der Waals surface area contributed by atoms with Gasteiger partial charge in [0.25, 0.3) is 5.56 Å². The maximum absolute atomic E-state index is 11.5. The average Bonchev–Trinajstić information content (AvgIpc) is 2.43. The van der Waals surface area contributed by atoms with Crippen molar-refractivity contribution in [3.05, 3.63) is 64.6 Å². The summed E-state index contributed by atoms with van der Waals surface area (Å²) in [5.74, 6) is 0.823. The predicted molar refractivity (Wildman–Crippen MR) is 75.4 cm³/mol. The molecular weight excluding hydrogens is 240 g/mol. The van der Waals surface area contributed by atoms with Crippen molar-refractivity contribution >= 4 is 0 Å². The first-order valence-corrected chi connectivity index (χ1v) is 6.31. The quantitative estimate of drug-likeness (QED) is 0.856. The van der Waals surface area contributed by atoms with Crippen molar-refractivity contribution in [3.8, 4) is 5.75 Å². The normalized spacial score (nSPS) is 10.4. The molecule has 0 atom stereocenters. The Hall–Kier alpha value is -2.07. The van der Waals surface area contributed by atoms with Crippen LogP contribution < -0.4 is 15.6 Å². The Labute approximate surface area is 112 Å². The molecule has 4 heteroatoms. The molecular formula is C15H18N2O2. The first-order valence-electron chi connectivity index (χ1n) is 6.31. The Balaban J connectivity index is 1.86. The van der Waals surface area contributed by atoms with Crippen molar-refractivity contribution in [2.75, 3.05) is 13.7 Å². The third kappa shape index (κ3) is 3.96. The molecule has 4 nitrogen and oxygen atoms in total. The maximum Gasteiger partial charge on any atom is 0.250 e. The van der Waals surface area contributed by atoms with Crippen LogP contribution >= 0.6 is 0 Å². The van der Waals surface area contributed by atoms with Crippen LogP contribution in [0.4, 0.5) is 0 Å². The number of nitrogens with zero attached hydrogens (tertiary/aromatic N) is 1. The Morgan fingerprint density at radius 2 is 1.95 bits per heavy atom. The van der Waals surface area contributed by atoms with E-state index < -0.39 is 0 Å². The number of hydrogen-bond acceptors (Lipinski definition) is 3. The highest BCUT2D eigenvalue weighted by Gasteiger charge is 1.97. The van der Waals surface area contributed by atoms with Gasteiger partial charge in [-0.3, -0.25) is 4.79 Å². The maximum atomic E-state index is 11.5. The third-order valence-electron chi connectivity index (χ3n) is 2.80. The SMILES string of the molecule is CNCc1ccc(OCCn2ccccc2=O)cc1. The van der Waals surface area contributed by atoms with Crippen LogP contribution in [0.15, 0.2) is 53.5 Å². The van der Waals surface area contributed by atoms with Crippen molar-refractivity contribution in [1.29, 1.82) is 0 Å². The summed E-state index contributed by atoms with van der Waals surface area (Å²) in [6.07, 6.45) is 1.77. The summed E-state index contributed by atoms with van der Waals surface area (Å²) >= 11 is 0. The summed E-state index contributed by atoms with van der Waals surface area (Å²) in [5.41, 5.74) is 1.21. The van der Waals surface area contributed by atoms with Gasteiger partial charge in [0.2, 0.25) is 0 Å². The molecule has 0 saturated carbocycles. The van der Waals surface area contributed by atoms with Crippen molar-refractivity contribution < 1.29 is 4.74 Å². The Morgan fingerprint density at radius 3 is 2.63 bits per heavy atom. The van der Waals surface area contributed by atoms with Crippen molar-refractivity contribution in [1.82, 2.24) is 9.88 Å². The fourth-order valence-electron chi connectivity index (χ4n) is 1.81. The number of hydrogen-bond donors (Lipinski definition) is 1. The lowest BCUT2D eigenvalue weighted by Crippen LogP contribution is -2.21. The third-order valence-corrected chi connectivity index (χ3v) is 2.80. The van der Waals surface area contributed by atoms with Crippen LogP contribution in [0.3, 0.4) is 0 Å². The predicted octanol–water partition coefficient (Wildman–Crippen LogP) is 1.65.